The van der Waals surface area contributed by atoms with Crippen molar-refractivity contribution in [2.24, 2.45) is 0 Å². The highest BCUT2D eigenvalue weighted by Crippen LogP contribution is 2.08. The van der Waals surface area contributed by atoms with Crippen LogP contribution < -0.4 is 0 Å². The van der Waals surface area contributed by atoms with Crippen molar-refractivity contribution in [3.8, 4) is 0 Å². The third kappa shape index (κ3) is 5.17. The summed E-state index contributed by atoms with van der Waals surface area (Å²) in [6.45, 7) is 0. The number of hydrogen-bond donors (Lipinski definition) is 0. The van der Waals surface area contributed by atoms with Gasteiger partial charge in [-0.3, -0.25) is 0 Å². The lowest BCUT2D eigenvalue weighted by atomic mass is 10.1. The summed E-state index contributed by atoms with van der Waals surface area (Å²) in [6, 6.07) is 0. The molecule has 1 aliphatic rings. The second kappa shape index (κ2) is 7.15. The Morgan fingerprint density at radius 3 is 2.33 bits per heavy atom. The highest BCUT2D eigenvalue weighted by molar-refractivity contribution is 4.95. The van der Waals surface area contributed by atoms with E-state index < -0.39 is 0 Å². The van der Waals surface area contributed by atoms with Crippen molar-refractivity contribution in [1.29, 1.82) is 0 Å². The van der Waals surface area contributed by atoms with Crippen molar-refractivity contribution in [3.05, 3.63) is 30.7 Å². The molecule has 1 aliphatic carbocycles. The second-order valence-corrected chi connectivity index (χ2v) is 3.34. The Hall–Kier alpha value is -0.520. The van der Waals surface area contributed by atoms with Gasteiger partial charge in [0.15, 0.2) is 0 Å². The maximum Gasteiger partial charge on any atom is -0.0169 e. The molecule has 0 saturated carbocycles. The molecule has 0 heteroatoms. The van der Waals surface area contributed by atoms with Gasteiger partial charge < -0.3 is 0 Å². The molecule has 0 amide bonds. The molecule has 0 aliphatic heterocycles. The molecular formula is C12H19. The Morgan fingerprint density at radius 2 is 1.33 bits per heavy atom. The largest absolute Gasteiger partial charge is 0.0882 e. The first kappa shape index (κ1) is 9.57. The van der Waals surface area contributed by atoms with Crippen molar-refractivity contribution < 1.29 is 0 Å². The van der Waals surface area contributed by atoms with Gasteiger partial charge in [-0.15, -0.1) is 0 Å². The zero-order valence-corrected chi connectivity index (χ0v) is 7.84. The zero-order chi connectivity index (χ0) is 8.49. The van der Waals surface area contributed by atoms with Crippen LogP contribution in [0.4, 0.5) is 0 Å². The molecule has 0 nitrogen and oxygen atoms in total. The molecule has 0 fully saturated rings. The molecule has 1 radical (unpaired) electrons. The molecule has 0 N–H and O–H groups in total. The van der Waals surface area contributed by atoms with Crippen LogP contribution in [-0.4, -0.2) is 0 Å². The van der Waals surface area contributed by atoms with Crippen LogP contribution >= 0.6 is 0 Å². The summed E-state index contributed by atoms with van der Waals surface area (Å²) in [5, 5.41) is 0. The molecule has 0 aromatic heterocycles. The van der Waals surface area contributed by atoms with Crippen LogP contribution in [0.3, 0.4) is 0 Å². The lowest BCUT2D eigenvalue weighted by Gasteiger charge is -1.98. The number of rotatable bonds is 0. The van der Waals surface area contributed by atoms with Gasteiger partial charge in [0.2, 0.25) is 0 Å². The highest BCUT2D eigenvalue weighted by Gasteiger charge is 1.89. The van der Waals surface area contributed by atoms with Gasteiger partial charge >= 0.3 is 0 Å². The smallest absolute Gasteiger partial charge is 0.0169 e. The van der Waals surface area contributed by atoms with Crippen molar-refractivity contribution >= 4 is 0 Å². The molecule has 0 unspecified atom stereocenters. The first-order valence-electron chi connectivity index (χ1n) is 5.12. The van der Waals surface area contributed by atoms with Crippen LogP contribution in [0, 0.1) is 6.42 Å². The van der Waals surface area contributed by atoms with Crippen molar-refractivity contribution in [2.45, 2.75) is 44.9 Å². The van der Waals surface area contributed by atoms with E-state index in [1.54, 1.807) is 0 Å². The van der Waals surface area contributed by atoms with Crippen LogP contribution in [0.1, 0.15) is 44.9 Å². The highest BCUT2D eigenvalue weighted by atomic mass is 14.0. The lowest BCUT2D eigenvalue weighted by Crippen LogP contribution is -1.80. The van der Waals surface area contributed by atoms with E-state index in [9.17, 15) is 0 Å². The van der Waals surface area contributed by atoms with Crippen LogP contribution in [0.25, 0.3) is 0 Å². The van der Waals surface area contributed by atoms with Crippen molar-refractivity contribution in [1.82, 2.24) is 0 Å². The van der Waals surface area contributed by atoms with Gasteiger partial charge in [0.1, 0.15) is 0 Å². The summed E-state index contributed by atoms with van der Waals surface area (Å²) in [6.07, 6.45) is 20.5. The Morgan fingerprint density at radius 1 is 0.583 bits per heavy atom. The Bertz CT molecular complexity index is 126. The average molecular weight is 163 g/mol. The maximum absolute atomic E-state index is 2.39. The van der Waals surface area contributed by atoms with Gasteiger partial charge in [-0.25, -0.2) is 0 Å². The topological polar surface area (TPSA) is 0 Å². The lowest BCUT2D eigenvalue weighted by molar-refractivity contribution is 0.675. The van der Waals surface area contributed by atoms with E-state index in [0.717, 1.165) is 12.8 Å². The fraction of sp³-hybridized carbons (Fsp3) is 0.583. The SMILES string of the molecule is [CH]1C/C=C/C/C=C/CCCCC1. The van der Waals surface area contributed by atoms with Gasteiger partial charge in [-0.2, -0.15) is 0 Å². The summed E-state index contributed by atoms with van der Waals surface area (Å²) in [7, 11) is 0. The quantitative estimate of drug-likeness (QED) is 0.473. The molecule has 0 atom stereocenters. The standard InChI is InChI=1S/C12H19/c1-2-4-6-8-10-12-11-9-7-5-3-1/h1-2,5-7H,3-4,8-12H2/b2-1+,7-5+. The predicted octanol–water partition coefficient (Wildman–Crippen LogP) is 4.05. The average Bonchev–Trinajstić information content (AvgIpc) is 2.05. The minimum atomic E-state index is 1.12. The minimum Gasteiger partial charge on any atom is -0.0882 e. The minimum absolute atomic E-state index is 1.12. The summed E-state index contributed by atoms with van der Waals surface area (Å²) in [5.74, 6) is 0. The summed E-state index contributed by atoms with van der Waals surface area (Å²) >= 11 is 0. The Balaban J connectivity index is 2.20. The molecule has 0 aromatic rings. The van der Waals surface area contributed by atoms with Gasteiger partial charge in [0, 0.05) is 0 Å². The van der Waals surface area contributed by atoms with Crippen LogP contribution in [-0.2, 0) is 0 Å². The number of hydrogen-bond acceptors (Lipinski definition) is 0. The molecule has 67 valence electrons. The van der Waals surface area contributed by atoms with Gasteiger partial charge in [0.25, 0.3) is 0 Å². The summed E-state index contributed by atoms with van der Waals surface area (Å²) in [4.78, 5) is 0. The predicted molar refractivity (Wildman–Crippen MR) is 54.9 cm³/mol. The van der Waals surface area contributed by atoms with Gasteiger partial charge in [0.05, 0.1) is 0 Å². The third-order valence-corrected chi connectivity index (χ3v) is 2.19. The van der Waals surface area contributed by atoms with E-state index in [0.29, 0.717) is 0 Å². The van der Waals surface area contributed by atoms with Crippen LogP contribution in [0.15, 0.2) is 24.3 Å². The third-order valence-electron chi connectivity index (χ3n) is 2.19. The Kier molecular flexibility index (Phi) is 5.70. The van der Waals surface area contributed by atoms with Crippen molar-refractivity contribution in [3.63, 3.8) is 0 Å². The molecule has 0 spiro atoms. The van der Waals surface area contributed by atoms with E-state index >= 15 is 0 Å². The fourth-order valence-electron chi connectivity index (χ4n) is 1.43. The van der Waals surface area contributed by atoms with Gasteiger partial charge in [-0.05, 0) is 38.5 Å². The monoisotopic (exact) mass is 163 g/mol. The Labute approximate surface area is 76.4 Å². The normalized spacial score (nSPS) is 26.7. The van der Waals surface area contributed by atoms with E-state index in [4.69, 9.17) is 0 Å². The van der Waals surface area contributed by atoms with Gasteiger partial charge in [-0.1, -0.05) is 37.1 Å². The maximum atomic E-state index is 2.39. The first-order valence-corrected chi connectivity index (χ1v) is 5.12. The molecule has 0 heterocycles. The summed E-state index contributed by atoms with van der Waals surface area (Å²) < 4.78 is 0. The van der Waals surface area contributed by atoms with E-state index in [1.807, 2.05) is 0 Å². The fourth-order valence-corrected chi connectivity index (χ4v) is 1.43. The molecule has 0 saturated heterocycles. The molecule has 1 rings (SSSR count). The van der Waals surface area contributed by atoms with E-state index in [1.165, 1.54) is 32.1 Å². The summed E-state index contributed by atoms with van der Waals surface area (Å²) in [5.41, 5.74) is 0. The second-order valence-electron chi connectivity index (χ2n) is 3.34. The molecule has 0 bridgehead atoms. The van der Waals surface area contributed by atoms with E-state index in [-0.39, 0.29) is 0 Å². The molecule has 0 aromatic carbocycles. The van der Waals surface area contributed by atoms with Crippen LogP contribution in [0.2, 0.25) is 0 Å². The zero-order valence-electron chi connectivity index (χ0n) is 7.84. The van der Waals surface area contributed by atoms with Crippen molar-refractivity contribution in [2.75, 3.05) is 0 Å². The molecular weight excluding hydrogens is 144 g/mol. The molecule has 12 heavy (non-hydrogen) atoms. The van der Waals surface area contributed by atoms with E-state index in [2.05, 4.69) is 30.7 Å². The van der Waals surface area contributed by atoms with Crippen LogP contribution in [0.5, 0.6) is 0 Å². The first-order chi connectivity index (χ1) is 6.00. The number of allylic oxidation sites excluding steroid dienone is 4.